The molecule has 0 bridgehead atoms. The Balaban J connectivity index is 1.70. The first-order chi connectivity index (χ1) is 16.0. The minimum absolute atomic E-state index is 0.199. The maximum atomic E-state index is 12.9. The van der Waals surface area contributed by atoms with Gasteiger partial charge in [0.2, 0.25) is 4.96 Å². The van der Waals surface area contributed by atoms with Crippen molar-refractivity contribution >= 4 is 22.4 Å². The Kier molecular flexibility index (Phi) is 6.50. The molecule has 9 heteroatoms. The van der Waals surface area contributed by atoms with Crippen LogP contribution in [0.1, 0.15) is 16.8 Å². The largest absolute Gasteiger partial charge is 0.497 e. The van der Waals surface area contributed by atoms with E-state index in [9.17, 15) is 9.59 Å². The molecular weight excluding hydrogens is 442 g/mol. The number of rotatable bonds is 8. The number of hydrogen-bond donors (Lipinski definition) is 0. The Morgan fingerprint density at radius 1 is 1.06 bits per heavy atom. The highest BCUT2D eigenvalue weighted by Crippen LogP contribution is 2.28. The Bertz CT molecular complexity index is 1480. The minimum atomic E-state index is -0.455. The second kappa shape index (κ2) is 9.66. The summed E-state index contributed by atoms with van der Waals surface area (Å²) in [6.07, 6.45) is 3.61. The summed E-state index contributed by atoms with van der Waals surface area (Å²) in [5, 5.41) is 4.29. The fourth-order valence-electron chi connectivity index (χ4n) is 3.18. The number of nitrogens with zero attached hydrogens (tertiary/aromatic N) is 3. The third-order valence-corrected chi connectivity index (χ3v) is 5.78. The fraction of sp³-hybridized carbons (Fsp3) is 0.167. The van der Waals surface area contributed by atoms with Crippen LogP contribution in [0.25, 0.3) is 11.0 Å². The summed E-state index contributed by atoms with van der Waals surface area (Å²) in [7, 11) is 3.13. The monoisotopic (exact) mass is 463 g/mol. The van der Waals surface area contributed by atoms with E-state index in [2.05, 4.69) is 16.7 Å². The van der Waals surface area contributed by atoms with E-state index in [-0.39, 0.29) is 22.6 Å². The van der Waals surface area contributed by atoms with E-state index in [0.717, 1.165) is 22.5 Å². The molecule has 0 fully saturated rings. The highest BCUT2D eigenvalue weighted by molar-refractivity contribution is 7.15. The third-order valence-electron chi connectivity index (χ3n) is 4.82. The maximum Gasteiger partial charge on any atom is 0.296 e. The molecule has 33 heavy (non-hydrogen) atoms. The number of fused-ring (bicyclic) bond motifs is 1. The maximum absolute atomic E-state index is 12.9. The zero-order valence-corrected chi connectivity index (χ0v) is 18.9. The van der Waals surface area contributed by atoms with Gasteiger partial charge in [0.25, 0.3) is 11.1 Å². The first kappa shape index (κ1) is 22.2. The molecule has 0 unspecified atom stereocenters. The Morgan fingerprint density at radius 2 is 1.85 bits per heavy atom. The zero-order valence-electron chi connectivity index (χ0n) is 18.1. The molecule has 0 radical (unpaired) electrons. The van der Waals surface area contributed by atoms with E-state index in [0.29, 0.717) is 28.4 Å². The molecule has 2 aromatic carbocycles. The lowest BCUT2D eigenvalue weighted by molar-refractivity contribution is 0.326. The second-order valence-corrected chi connectivity index (χ2v) is 8.02. The molecule has 0 amide bonds. The molecular formula is C24H21N3O5S. The number of hydrogen-bond acceptors (Lipinski definition) is 8. The van der Waals surface area contributed by atoms with Crippen LogP contribution in [0.5, 0.6) is 17.2 Å². The van der Waals surface area contributed by atoms with E-state index in [1.807, 2.05) is 18.2 Å². The molecule has 0 atom stereocenters. The smallest absolute Gasteiger partial charge is 0.296 e. The lowest BCUT2D eigenvalue weighted by Gasteiger charge is -2.09. The number of benzene rings is 2. The van der Waals surface area contributed by atoms with Gasteiger partial charge in [-0.05, 0) is 41.5 Å². The zero-order chi connectivity index (χ0) is 23.4. The summed E-state index contributed by atoms with van der Waals surface area (Å²) in [5.74, 6) is 1.82. The van der Waals surface area contributed by atoms with Gasteiger partial charge in [0.05, 0.1) is 18.8 Å². The molecule has 0 aliphatic heterocycles. The summed E-state index contributed by atoms with van der Waals surface area (Å²) >= 11 is 1.10. The SMILES string of the molecule is C=CCOc1ccc(/C=c2\sc3nc(=O)c(Cc4ccc(OC)cc4)nn3c2=O)cc1OC. The van der Waals surface area contributed by atoms with Crippen molar-refractivity contribution in [2.45, 2.75) is 6.42 Å². The van der Waals surface area contributed by atoms with Crippen LogP contribution >= 0.6 is 11.3 Å². The van der Waals surface area contributed by atoms with Gasteiger partial charge in [0.15, 0.2) is 11.5 Å². The molecule has 0 aliphatic carbocycles. The van der Waals surface area contributed by atoms with E-state index in [1.165, 1.54) is 4.52 Å². The number of ether oxygens (including phenoxy) is 3. The van der Waals surface area contributed by atoms with Crippen molar-refractivity contribution in [3.05, 3.63) is 97.2 Å². The summed E-state index contributed by atoms with van der Waals surface area (Å²) in [5.41, 5.74) is 1.00. The van der Waals surface area contributed by atoms with Crippen molar-refractivity contribution in [3.63, 3.8) is 0 Å². The van der Waals surface area contributed by atoms with E-state index >= 15 is 0 Å². The number of methoxy groups -OCH3 is 2. The summed E-state index contributed by atoms with van der Waals surface area (Å²) in [6, 6.07) is 12.6. The van der Waals surface area contributed by atoms with Crippen LogP contribution in [0.15, 0.2) is 64.7 Å². The normalized spacial score (nSPS) is 11.5. The van der Waals surface area contributed by atoms with Crippen LogP contribution in [0.4, 0.5) is 0 Å². The predicted molar refractivity (Wildman–Crippen MR) is 127 cm³/mol. The number of aromatic nitrogens is 3. The molecule has 4 rings (SSSR count). The average Bonchev–Trinajstić information content (AvgIpc) is 3.12. The van der Waals surface area contributed by atoms with Crippen molar-refractivity contribution < 1.29 is 14.2 Å². The molecule has 0 saturated carbocycles. The lowest BCUT2D eigenvalue weighted by Crippen LogP contribution is -2.28. The highest BCUT2D eigenvalue weighted by Gasteiger charge is 2.12. The van der Waals surface area contributed by atoms with E-state index < -0.39 is 5.56 Å². The highest BCUT2D eigenvalue weighted by atomic mass is 32.1. The standard InChI is InChI=1S/C24H21N3O5S/c1-4-11-32-19-10-7-16(13-20(19)31-3)14-21-23(29)27-24(33-21)25-22(28)18(26-27)12-15-5-8-17(30-2)9-6-15/h4-10,13-14H,1,11-12H2,2-3H3/b21-14-. The molecule has 0 N–H and O–H groups in total. The van der Waals surface area contributed by atoms with Crippen molar-refractivity contribution in [2.75, 3.05) is 20.8 Å². The number of thiazole rings is 1. The van der Waals surface area contributed by atoms with Crippen molar-refractivity contribution in [3.8, 4) is 17.2 Å². The third kappa shape index (κ3) is 4.78. The van der Waals surface area contributed by atoms with E-state index in [4.69, 9.17) is 14.2 Å². The van der Waals surface area contributed by atoms with Gasteiger partial charge in [-0.1, -0.05) is 42.2 Å². The summed E-state index contributed by atoms with van der Waals surface area (Å²) < 4.78 is 17.7. The Hall–Kier alpha value is -3.98. The topological polar surface area (TPSA) is 92.0 Å². The molecule has 2 aromatic heterocycles. The molecule has 0 spiro atoms. The van der Waals surface area contributed by atoms with Crippen LogP contribution in [-0.2, 0) is 6.42 Å². The van der Waals surface area contributed by atoms with Crippen molar-refractivity contribution in [1.29, 1.82) is 0 Å². The first-order valence-electron chi connectivity index (χ1n) is 10.0. The Labute approximate surface area is 193 Å². The van der Waals surface area contributed by atoms with Crippen LogP contribution in [0.2, 0.25) is 0 Å². The summed E-state index contributed by atoms with van der Waals surface area (Å²) in [4.78, 5) is 29.8. The molecule has 2 heterocycles. The molecule has 168 valence electrons. The molecule has 8 nitrogen and oxygen atoms in total. The van der Waals surface area contributed by atoms with Crippen LogP contribution < -0.4 is 29.9 Å². The van der Waals surface area contributed by atoms with Crippen molar-refractivity contribution in [1.82, 2.24) is 14.6 Å². The predicted octanol–water partition coefficient (Wildman–Crippen LogP) is 2.23. The molecule has 4 aromatic rings. The second-order valence-electron chi connectivity index (χ2n) is 7.01. The Morgan fingerprint density at radius 3 is 2.55 bits per heavy atom. The van der Waals surface area contributed by atoms with Gasteiger partial charge in [0, 0.05) is 6.42 Å². The van der Waals surface area contributed by atoms with Crippen molar-refractivity contribution in [2.24, 2.45) is 0 Å². The molecule has 0 aliphatic rings. The average molecular weight is 464 g/mol. The van der Waals surface area contributed by atoms with Gasteiger partial charge in [0.1, 0.15) is 18.1 Å². The van der Waals surface area contributed by atoms with Crippen LogP contribution in [0.3, 0.4) is 0 Å². The van der Waals surface area contributed by atoms with Crippen LogP contribution in [0, 0.1) is 0 Å². The summed E-state index contributed by atoms with van der Waals surface area (Å²) in [6.45, 7) is 3.98. The molecule has 0 saturated heterocycles. The van der Waals surface area contributed by atoms with Gasteiger partial charge >= 0.3 is 0 Å². The minimum Gasteiger partial charge on any atom is -0.497 e. The first-order valence-corrected chi connectivity index (χ1v) is 10.8. The van der Waals surface area contributed by atoms with Gasteiger partial charge in [-0.25, -0.2) is 0 Å². The van der Waals surface area contributed by atoms with Gasteiger partial charge in [-0.15, -0.1) is 0 Å². The fourth-order valence-corrected chi connectivity index (χ4v) is 4.09. The van der Waals surface area contributed by atoms with Gasteiger partial charge in [-0.2, -0.15) is 14.6 Å². The lowest BCUT2D eigenvalue weighted by atomic mass is 10.1. The quantitative estimate of drug-likeness (QED) is 0.370. The van der Waals surface area contributed by atoms with Crippen LogP contribution in [-0.4, -0.2) is 35.4 Å². The van der Waals surface area contributed by atoms with Gasteiger partial charge in [-0.3, -0.25) is 9.59 Å². The van der Waals surface area contributed by atoms with Gasteiger partial charge < -0.3 is 14.2 Å². The van der Waals surface area contributed by atoms with E-state index in [1.54, 1.807) is 50.6 Å².